The Morgan fingerprint density at radius 3 is 2.78 bits per heavy atom. The summed E-state index contributed by atoms with van der Waals surface area (Å²) in [6.45, 7) is 4.98. The highest BCUT2D eigenvalue weighted by atomic mass is 16.6. The first-order valence-electron chi connectivity index (χ1n) is 7.09. The van der Waals surface area contributed by atoms with Gasteiger partial charge in [-0.25, -0.2) is 0 Å². The normalized spacial score (nSPS) is 10.4. The van der Waals surface area contributed by atoms with Crippen molar-refractivity contribution in [2.24, 2.45) is 0 Å². The zero-order chi connectivity index (χ0) is 17.0. The fourth-order valence-electron chi connectivity index (χ4n) is 2.23. The predicted octanol–water partition coefficient (Wildman–Crippen LogP) is 2.06. The number of hydrogen-bond donors (Lipinski definition) is 1. The Morgan fingerprint density at radius 1 is 1.48 bits per heavy atom. The van der Waals surface area contributed by atoms with Crippen molar-refractivity contribution in [2.75, 3.05) is 7.11 Å². The van der Waals surface area contributed by atoms with E-state index in [1.165, 1.54) is 25.3 Å². The molecule has 0 spiro atoms. The summed E-state index contributed by atoms with van der Waals surface area (Å²) >= 11 is 0. The van der Waals surface area contributed by atoms with E-state index in [2.05, 4.69) is 10.4 Å². The monoisotopic (exact) mass is 318 g/mol. The molecule has 1 amide bonds. The number of carbonyl (C=O) groups is 1. The Labute approximate surface area is 133 Å². The van der Waals surface area contributed by atoms with Crippen LogP contribution in [0.3, 0.4) is 0 Å². The van der Waals surface area contributed by atoms with Crippen molar-refractivity contribution in [1.29, 1.82) is 0 Å². The third-order valence-electron chi connectivity index (χ3n) is 3.58. The van der Waals surface area contributed by atoms with Crippen LogP contribution in [0.5, 0.6) is 5.75 Å². The molecule has 1 N–H and O–H groups in total. The Balaban J connectivity index is 2.13. The maximum atomic E-state index is 12.2. The minimum absolute atomic E-state index is 0.117. The molecule has 0 aliphatic carbocycles. The van der Waals surface area contributed by atoms with Gasteiger partial charge in [0.2, 0.25) is 0 Å². The van der Waals surface area contributed by atoms with Crippen molar-refractivity contribution >= 4 is 11.6 Å². The smallest absolute Gasteiger partial charge is 0.311 e. The average Bonchev–Trinajstić information content (AvgIpc) is 2.91. The quantitative estimate of drug-likeness (QED) is 0.649. The van der Waals surface area contributed by atoms with Crippen molar-refractivity contribution in [3.05, 3.63) is 51.3 Å². The molecule has 8 heteroatoms. The molecule has 0 fully saturated rings. The molecule has 0 aliphatic rings. The van der Waals surface area contributed by atoms with Crippen molar-refractivity contribution in [3.63, 3.8) is 0 Å². The average molecular weight is 318 g/mol. The largest absolute Gasteiger partial charge is 0.490 e. The van der Waals surface area contributed by atoms with E-state index in [0.717, 1.165) is 17.8 Å². The molecule has 0 saturated heterocycles. The van der Waals surface area contributed by atoms with Gasteiger partial charge in [0.25, 0.3) is 5.91 Å². The molecule has 8 nitrogen and oxygen atoms in total. The number of nitrogens with one attached hydrogen (secondary N) is 1. The maximum Gasteiger partial charge on any atom is 0.311 e. The molecule has 0 unspecified atom stereocenters. The van der Waals surface area contributed by atoms with Gasteiger partial charge in [0.15, 0.2) is 5.75 Å². The number of rotatable bonds is 6. The van der Waals surface area contributed by atoms with Crippen LogP contribution in [0.25, 0.3) is 0 Å². The summed E-state index contributed by atoms with van der Waals surface area (Å²) in [5.74, 6) is -0.272. The third kappa shape index (κ3) is 3.47. The second kappa shape index (κ2) is 6.91. The molecule has 0 aliphatic heterocycles. The molecule has 0 atom stereocenters. The number of methoxy groups -OCH3 is 1. The first kappa shape index (κ1) is 16.5. The number of nitrogens with zero attached hydrogens (tertiary/aromatic N) is 3. The van der Waals surface area contributed by atoms with Gasteiger partial charge in [-0.2, -0.15) is 5.10 Å². The summed E-state index contributed by atoms with van der Waals surface area (Å²) in [7, 11) is 1.34. The number of amides is 1. The van der Waals surface area contributed by atoms with Gasteiger partial charge in [-0.05, 0) is 26.0 Å². The number of hydrogen-bond acceptors (Lipinski definition) is 5. The first-order chi connectivity index (χ1) is 11.0. The van der Waals surface area contributed by atoms with E-state index in [-0.39, 0.29) is 22.9 Å². The van der Waals surface area contributed by atoms with Crippen molar-refractivity contribution in [2.45, 2.75) is 26.9 Å². The fraction of sp³-hybridized carbons (Fsp3) is 0.333. The van der Waals surface area contributed by atoms with Gasteiger partial charge >= 0.3 is 5.69 Å². The Kier molecular flexibility index (Phi) is 4.95. The van der Waals surface area contributed by atoms with E-state index < -0.39 is 4.92 Å². The minimum atomic E-state index is -0.578. The lowest BCUT2D eigenvalue weighted by Crippen LogP contribution is -2.23. The summed E-state index contributed by atoms with van der Waals surface area (Å²) in [5.41, 5.74) is 1.85. The van der Waals surface area contributed by atoms with Crippen LogP contribution in [0.1, 0.15) is 28.5 Å². The first-order valence-corrected chi connectivity index (χ1v) is 7.09. The minimum Gasteiger partial charge on any atom is -0.490 e. The predicted molar refractivity (Wildman–Crippen MR) is 83.5 cm³/mol. The molecule has 1 aromatic heterocycles. The number of aromatic nitrogens is 2. The summed E-state index contributed by atoms with van der Waals surface area (Å²) in [5, 5.41) is 17.9. The van der Waals surface area contributed by atoms with Crippen LogP contribution in [0.2, 0.25) is 0 Å². The van der Waals surface area contributed by atoms with E-state index in [9.17, 15) is 14.9 Å². The summed E-state index contributed by atoms with van der Waals surface area (Å²) in [4.78, 5) is 22.6. The number of ether oxygens (including phenoxy) is 1. The van der Waals surface area contributed by atoms with Gasteiger partial charge in [0.05, 0.1) is 18.2 Å². The van der Waals surface area contributed by atoms with Crippen LogP contribution in [-0.4, -0.2) is 27.7 Å². The number of nitro benzene ring substituents is 1. The van der Waals surface area contributed by atoms with Crippen LogP contribution in [0.15, 0.2) is 24.4 Å². The molecule has 2 rings (SSSR count). The lowest BCUT2D eigenvalue weighted by molar-refractivity contribution is -0.385. The summed E-state index contributed by atoms with van der Waals surface area (Å²) < 4.78 is 6.75. The van der Waals surface area contributed by atoms with E-state index >= 15 is 0 Å². The lowest BCUT2D eigenvalue weighted by atomic mass is 10.1. The molecule has 2 aromatic rings. The third-order valence-corrected chi connectivity index (χ3v) is 3.58. The zero-order valence-corrected chi connectivity index (χ0v) is 13.2. The lowest BCUT2D eigenvalue weighted by Gasteiger charge is -2.07. The van der Waals surface area contributed by atoms with Gasteiger partial charge in [-0.15, -0.1) is 0 Å². The topological polar surface area (TPSA) is 99.3 Å². The van der Waals surface area contributed by atoms with Gasteiger partial charge in [0.1, 0.15) is 0 Å². The zero-order valence-electron chi connectivity index (χ0n) is 13.2. The molecule has 122 valence electrons. The molecule has 1 aromatic carbocycles. The highest BCUT2D eigenvalue weighted by molar-refractivity contribution is 5.95. The maximum absolute atomic E-state index is 12.2. The van der Waals surface area contributed by atoms with Gasteiger partial charge < -0.3 is 10.1 Å². The molecule has 0 radical (unpaired) electrons. The molecule has 0 saturated carbocycles. The molecule has 23 heavy (non-hydrogen) atoms. The number of aryl methyl sites for hydroxylation is 1. The van der Waals surface area contributed by atoms with E-state index in [0.29, 0.717) is 6.54 Å². The van der Waals surface area contributed by atoms with E-state index in [1.807, 2.05) is 18.5 Å². The molecule has 0 bridgehead atoms. The van der Waals surface area contributed by atoms with Crippen LogP contribution in [0.4, 0.5) is 5.69 Å². The number of carbonyl (C=O) groups excluding carboxylic acids is 1. The second-order valence-electron chi connectivity index (χ2n) is 4.90. The van der Waals surface area contributed by atoms with Crippen LogP contribution in [0, 0.1) is 17.0 Å². The van der Waals surface area contributed by atoms with Gasteiger partial charge in [-0.3, -0.25) is 19.6 Å². The van der Waals surface area contributed by atoms with E-state index in [4.69, 9.17) is 4.74 Å². The van der Waals surface area contributed by atoms with Crippen LogP contribution < -0.4 is 10.1 Å². The highest BCUT2D eigenvalue weighted by Gasteiger charge is 2.18. The van der Waals surface area contributed by atoms with Crippen LogP contribution >= 0.6 is 0 Å². The van der Waals surface area contributed by atoms with Gasteiger partial charge in [-0.1, -0.05) is 0 Å². The Bertz CT molecular complexity index is 739. The Morgan fingerprint density at radius 2 is 2.22 bits per heavy atom. The highest BCUT2D eigenvalue weighted by Crippen LogP contribution is 2.27. The SMILES string of the molecule is CCn1ncc(CNC(=O)c2ccc(OC)c([N+](=O)[O-])c2)c1C. The summed E-state index contributed by atoms with van der Waals surface area (Å²) in [6.07, 6.45) is 1.70. The van der Waals surface area contributed by atoms with Crippen LogP contribution in [-0.2, 0) is 13.1 Å². The van der Waals surface area contributed by atoms with Crippen molar-refractivity contribution in [1.82, 2.24) is 15.1 Å². The van der Waals surface area contributed by atoms with E-state index in [1.54, 1.807) is 6.20 Å². The van der Waals surface area contributed by atoms with Crippen molar-refractivity contribution < 1.29 is 14.5 Å². The Hall–Kier alpha value is -2.90. The standard InChI is InChI=1S/C15H18N4O4/c1-4-18-10(2)12(9-17-18)8-16-15(20)11-5-6-14(23-3)13(7-11)19(21)22/h5-7,9H,4,8H2,1-3H3,(H,16,20). The second-order valence-corrected chi connectivity index (χ2v) is 4.90. The molecular weight excluding hydrogens is 300 g/mol. The molecule has 1 heterocycles. The fourth-order valence-corrected chi connectivity index (χ4v) is 2.23. The number of benzene rings is 1. The van der Waals surface area contributed by atoms with Gasteiger partial charge in [0, 0.05) is 36.0 Å². The van der Waals surface area contributed by atoms with Crippen molar-refractivity contribution in [3.8, 4) is 5.75 Å². The molecular formula is C15H18N4O4. The number of nitro groups is 1. The summed E-state index contributed by atoms with van der Waals surface area (Å²) in [6, 6.07) is 4.10.